The maximum absolute atomic E-state index is 12.7. The smallest absolute Gasteiger partial charge is 0.315 e. The summed E-state index contributed by atoms with van der Waals surface area (Å²) in [5, 5.41) is 23.2. The van der Waals surface area contributed by atoms with Gasteiger partial charge >= 0.3 is 5.69 Å². The Morgan fingerprint density at radius 3 is 2.72 bits per heavy atom. The molecule has 2 N–H and O–H groups in total. The van der Waals surface area contributed by atoms with Crippen LogP contribution in [0.1, 0.15) is 12.5 Å². The van der Waals surface area contributed by atoms with Gasteiger partial charge < -0.3 is 15.2 Å². The van der Waals surface area contributed by atoms with Crippen LogP contribution < -0.4 is 10.1 Å². The number of nitrogens with one attached hydrogen (secondary N) is 1. The molecule has 10 nitrogen and oxygen atoms in total. The van der Waals surface area contributed by atoms with Crippen LogP contribution >= 0.6 is 27.7 Å². The zero-order chi connectivity index (χ0) is 23.4. The molecule has 2 aromatic rings. The first-order chi connectivity index (χ1) is 15.2. The zero-order valence-corrected chi connectivity index (χ0v) is 18.9. The van der Waals surface area contributed by atoms with Gasteiger partial charge in [0.25, 0.3) is 11.1 Å². The molecule has 0 saturated carbocycles. The van der Waals surface area contributed by atoms with E-state index < -0.39 is 40.0 Å². The minimum atomic E-state index is -0.785. The summed E-state index contributed by atoms with van der Waals surface area (Å²) in [4.78, 5) is 48.5. The highest BCUT2D eigenvalue weighted by atomic mass is 79.9. The summed E-state index contributed by atoms with van der Waals surface area (Å²) >= 11 is 3.90. The number of imide groups is 1. The van der Waals surface area contributed by atoms with Gasteiger partial charge in [-0.15, -0.1) is 0 Å². The van der Waals surface area contributed by atoms with Gasteiger partial charge in [0.1, 0.15) is 6.54 Å². The molecule has 3 rings (SSSR count). The number of aromatic hydroxyl groups is 1. The molecule has 0 unspecified atom stereocenters. The Bertz CT molecular complexity index is 1150. The molecule has 3 amide bonds. The van der Waals surface area contributed by atoms with Crippen LogP contribution in [0.4, 0.5) is 16.2 Å². The van der Waals surface area contributed by atoms with Gasteiger partial charge in [-0.2, -0.15) is 0 Å². The number of hydrogen-bond donors (Lipinski definition) is 2. The van der Waals surface area contributed by atoms with Gasteiger partial charge in [0.2, 0.25) is 11.7 Å². The molecule has 12 heteroatoms. The highest BCUT2D eigenvalue weighted by molar-refractivity contribution is 9.10. The van der Waals surface area contributed by atoms with Gasteiger partial charge in [-0.1, -0.05) is 12.1 Å². The molecule has 0 radical (unpaired) electrons. The molecule has 0 atom stereocenters. The van der Waals surface area contributed by atoms with E-state index >= 15 is 0 Å². The van der Waals surface area contributed by atoms with Crippen LogP contribution in [0.2, 0.25) is 0 Å². The lowest BCUT2D eigenvalue weighted by Crippen LogP contribution is -2.36. The van der Waals surface area contributed by atoms with Gasteiger partial charge in [-0.3, -0.25) is 29.4 Å². The molecule has 1 aliphatic rings. The summed E-state index contributed by atoms with van der Waals surface area (Å²) in [7, 11) is 0. The Kier molecular flexibility index (Phi) is 7.15. The van der Waals surface area contributed by atoms with E-state index in [4.69, 9.17) is 4.74 Å². The molecular formula is C20H16BrN3O7S. The van der Waals surface area contributed by atoms with Gasteiger partial charge in [-0.25, -0.2) is 0 Å². The summed E-state index contributed by atoms with van der Waals surface area (Å²) in [6.07, 6.45) is 1.27. The van der Waals surface area contributed by atoms with Crippen LogP contribution in [-0.2, 0) is 9.59 Å². The first kappa shape index (κ1) is 23.3. The van der Waals surface area contributed by atoms with Crippen molar-refractivity contribution in [1.29, 1.82) is 0 Å². The third kappa shape index (κ3) is 5.08. The second-order valence-electron chi connectivity index (χ2n) is 6.37. The van der Waals surface area contributed by atoms with E-state index in [1.54, 1.807) is 31.2 Å². The van der Waals surface area contributed by atoms with Crippen molar-refractivity contribution >= 4 is 62.2 Å². The number of nitro groups is 1. The molecule has 1 saturated heterocycles. The molecule has 2 aromatic carbocycles. The lowest BCUT2D eigenvalue weighted by molar-refractivity contribution is -0.386. The zero-order valence-electron chi connectivity index (χ0n) is 16.5. The normalized spacial score (nSPS) is 14.7. The molecule has 0 spiro atoms. The Morgan fingerprint density at radius 1 is 1.34 bits per heavy atom. The monoisotopic (exact) mass is 521 g/mol. The number of ether oxygens (including phenoxy) is 1. The predicted octanol–water partition coefficient (Wildman–Crippen LogP) is 4.14. The number of phenols is 1. The number of nitrogens with zero attached hydrogens (tertiary/aromatic N) is 2. The maximum Gasteiger partial charge on any atom is 0.315 e. The molecule has 1 aliphatic heterocycles. The number of para-hydroxylation sites is 1. The Morgan fingerprint density at radius 2 is 2.06 bits per heavy atom. The second-order valence-corrected chi connectivity index (χ2v) is 8.22. The number of amides is 3. The van der Waals surface area contributed by atoms with Crippen LogP contribution in [0.3, 0.4) is 0 Å². The minimum absolute atomic E-state index is 0.0221. The summed E-state index contributed by atoms with van der Waals surface area (Å²) in [6, 6.07) is 9.25. The standard InChI is InChI=1S/C20H16BrN3O7S/c1-2-31-15-8-11(7-14(18(15)26)24(29)30)9-16-19(27)23(20(28)32-16)10-17(25)22-13-6-4-3-5-12(13)21/h3-9,26H,2,10H2,1H3,(H,22,25)/b16-9-. The summed E-state index contributed by atoms with van der Waals surface area (Å²) in [5.41, 5.74) is 0.0650. The van der Waals surface area contributed by atoms with Crippen molar-refractivity contribution in [1.82, 2.24) is 4.90 Å². The van der Waals surface area contributed by atoms with Crippen LogP contribution in [0.25, 0.3) is 6.08 Å². The lowest BCUT2D eigenvalue weighted by atomic mass is 10.1. The van der Waals surface area contributed by atoms with E-state index in [1.165, 1.54) is 12.1 Å². The Hall–Kier alpha value is -3.38. The van der Waals surface area contributed by atoms with Crippen LogP contribution in [0.5, 0.6) is 11.5 Å². The fourth-order valence-corrected chi connectivity index (χ4v) is 4.01. The van der Waals surface area contributed by atoms with E-state index in [1.807, 2.05) is 0 Å². The van der Waals surface area contributed by atoms with Crippen molar-refractivity contribution in [3.05, 3.63) is 61.5 Å². The topological polar surface area (TPSA) is 139 Å². The fraction of sp³-hybridized carbons (Fsp3) is 0.150. The number of halogens is 1. The number of carbonyl (C=O) groups is 3. The molecule has 0 aliphatic carbocycles. The van der Waals surface area contributed by atoms with E-state index in [-0.39, 0.29) is 22.8 Å². The minimum Gasteiger partial charge on any atom is -0.500 e. The quantitative estimate of drug-likeness (QED) is 0.314. The molecular weight excluding hydrogens is 506 g/mol. The van der Waals surface area contributed by atoms with Crippen molar-refractivity contribution in [2.45, 2.75) is 6.92 Å². The average molecular weight is 522 g/mol. The Balaban J connectivity index is 1.81. The highest BCUT2D eigenvalue weighted by Crippen LogP contribution is 2.39. The third-order valence-electron chi connectivity index (χ3n) is 4.19. The molecule has 1 fully saturated rings. The first-order valence-electron chi connectivity index (χ1n) is 9.15. The van der Waals surface area contributed by atoms with E-state index in [9.17, 15) is 29.6 Å². The summed E-state index contributed by atoms with van der Waals surface area (Å²) < 4.78 is 5.85. The number of phenolic OH excluding ortho intramolecular Hbond substituents is 1. The second kappa shape index (κ2) is 9.83. The molecule has 0 aromatic heterocycles. The molecule has 166 valence electrons. The molecule has 1 heterocycles. The van der Waals surface area contributed by atoms with Crippen molar-refractivity contribution in [2.75, 3.05) is 18.5 Å². The van der Waals surface area contributed by atoms with Crippen LogP contribution in [-0.4, -0.2) is 45.1 Å². The number of hydrogen-bond acceptors (Lipinski definition) is 8. The van der Waals surface area contributed by atoms with Gasteiger partial charge in [-0.05, 0) is 64.5 Å². The van der Waals surface area contributed by atoms with Crippen molar-refractivity contribution in [3.63, 3.8) is 0 Å². The number of carbonyl (C=O) groups excluding carboxylic acids is 3. The third-order valence-corrected chi connectivity index (χ3v) is 5.79. The number of nitro benzene ring substituents is 1. The number of benzene rings is 2. The maximum atomic E-state index is 12.7. The molecule has 32 heavy (non-hydrogen) atoms. The summed E-state index contributed by atoms with van der Waals surface area (Å²) in [5.74, 6) is -2.04. The number of thioether (sulfide) groups is 1. The van der Waals surface area contributed by atoms with Crippen molar-refractivity contribution in [2.24, 2.45) is 0 Å². The van der Waals surface area contributed by atoms with Gasteiger partial charge in [0, 0.05) is 10.5 Å². The SMILES string of the molecule is CCOc1cc(/C=C2\SC(=O)N(CC(=O)Nc3ccccc3Br)C2=O)cc([N+](=O)[O-])c1O. The number of anilines is 1. The predicted molar refractivity (Wildman–Crippen MR) is 121 cm³/mol. The van der Waals surface area contributed by atoms with E-state index in [0.29, 0.717) is 21.9 Å². The highest BCUT2D eigenvalue weighted by Gasteiger charge is 2.36. The average Bonchev–Trinajstić information content (AvgIpc) is 2.99. The number of rotatable bonds is 7. The van der Waals surface area contributed by atoms with Crippen LogP contribution in [0, 0.1) is 10.1 Å². The first-order valence-corrected chi connectivity index (χ1v) is 10.8. The van der Waals surface area contributed by atoms with E-state index in [0.717, 1.165) is 11.0 Å². The van der Waals surface area contributed by atoms with Crippen molar-refractivity contribution in [3.8, 4) is 11.5 Å². The van der Waals surface area contributed by atoms with Gasteiger partial charge in [0.15, 0.2) is 5.75 Å². The van der Waals surface area contributed by atoms with Gasteiger partial charge in [0.05, 0.1) is 22.1 Å². The lowest BCUT2D eigenvalue weighted by Gasteiger charge is -2.13. The van der Waals surface area contributed by atoms with E-state index in [2.05, 4.69) is 21.2 Å². The van der Waals surface area contributed by atoms with Crippen molar-refractivity contribution < 1.29 is 29.2 Å². The molecule has 0 bridgehead atoms. The summed E-state index contributed by atoms with van der Waals surface area (Å²) in [6.45, 7) is 1.29. The van der Waals surface area contributed by atoms with Crippen LogP contribution in [0.15, 0.2) is 45.8 Å². The fourth-order valence-electron chi connectivity index (χ4n) is 2.79. The largest absolute Gasteiger partial charge is 0.500 e. The Labute approximate surface area is 194 Å².